The molecule has 1 aromatic carbocycles. The monoisotopic (exact) mass is 455 g/mol. The van der Waals surface area contributed by atoms with Gasteiger partial charge in [-0.1, -0.05) is 43.5 Å². The van der Waals surface area contributed by atoms with Gasteiger partial charge in [0.2, 0.25) is 11.8 Å². The molecule has 0 spiro atoms. The molecule has 0 aromatic heterocycles. The number of Topliss-reactive ketones (excluding diaryl/α,β-unsaturated/α-hetero) is 1. The summed E-state index contributed by atoms with van der Waals surface area (Å²) in [6.07, 6.45) is 7.14. The first-order valence-electron chi connectivity index (χ1n) is 11.4. The molecule has 6 nitrogen and oxygen atoms in total. The molecule has 1 aromatic rings. The highest BCUT2D eigenvalue weighted by Gasteiger charge is 2.67. The predicted octanol–water partition coefficient (Wildman–Crippen LogP) is 3.68. The van der Waals surface area contributed by atoms with Gasteiger partial charge in [-0.2, -0.15) is 0 Å². The molecule has 7 heteroatoms. The summed E-state index contributed by atoms with van der Waals surface area (Å²) >= 11 is 5.85. The summed E-state index contributed by atoms with van der Waals surface area (Å²) in [5, 5.41) is 0.506. The molecule has 32 heavy (non-hydrogen) atoms. The number of hydrogen-bond acceptors (Lipinski definition) is 5. The third kappa shape index (κ3) is 3.40. The van der Waals surface area contributed by atoms with Gasteiger partial charge in [0.05, 0.1) is 11.8 Å². The highest BCUT2D eigenvalue weighted by atomic mass is 35.5. The third-order valence-corrected chi connectivity index (χ3v) is 7.88. The Bertz CT molecular complexity index is 966. The Hall–Kier alpha value is -2.47. The normalized spacial score (nSPS) is 32.5. The summed E-state index contributed by atoms with van der Waals surface area (Å²) < 4.78 is 5.33. The van der Waals surface area contributed by atoms with Gasteiger partial charge in [-0.25, -0.2) is 4.79 Å². The fourth-order valence-corrected chi connectivity index (χ4v) is 6.12. The Morgan fingerprint density at radius 2 is 1.66 bits per heavy atom. The van der Waals surface area contributed by atoms with Gasteiger partial charge in [0.25, 0.3) is 0 Å². The molecule has 2 saturated carbocycles. The summed E-state index contributed by atoms with van der Waals surface area (Å²) in [7, 11) is 0. The fourth-order valence-electron chi connectivity index (χ4n) is 5.99. The van der Waals surface area contributed by atoms with Crippen LogP contribution < -0.4 is 0 Å². The molecule has 3 fully saturated rings. The number of carbonyl (C=O) groups excluding carboxylic acids is 4. The van der Waals surface area contributed by atoms with Crippen LogP contribution in [-0.4, -0.2) is 41.1 Å². The largest absolute Gasteiger partial charge is 0.456 e. The quantitative estimate of drug-likeness (QED) is 0.258. The Balaban J connectivity index is 1.31. The maximum absolute atomic E-state index is 13.4. The zero-order valence-electron chi connectivity index (χ0n) is 17.9. The molecule has 0 N–H and O–H groups in total. The molecule has 4 aliphatic carbocycles. The lowest BCUT2D eigenvalue weighted by atomic mass is 9.63. The molecule has 1 heterocycles. The SMILES string of the molecule is CCCC[C@H](C(=O)OCC(=O)c1ccc(Cl)cc1)N1C(=O)[C@@H]2[C@H]3C=C[C@@H]([C@@H]4C[C@@H]34)[C@H]2C1=O. The minimum absolute atomic E-state index is 0.103. The average molecular weight is 456 g/mol. The van der Waals surface area contributed by atoms with E-state index in [-0.39, 0.29) is 41.3 Å². The van der Waals surface area contributed by atoms with E-state index in [0.29, 0.717) is 35.3 Å². The van der Waals surface area contributed by atoms with Crippen molar-refractivity contribution in [1.82, 2.24) is 4.90 Å². The van der Waals surface area contributed by atoms with Crippen LogP contribution in [0.5, 0.6) is 0 Å². The van der Waals surface area contributed by atoms with Crippen LogP contribution in [0.3, 0.4) is 0 Å². The standard InChI is InChI=1S/C25H26ClNO5/c1-2-3-4-19(25(31)32-12-20(28)13-5-7-14(26)8-6-13)27-23(29)21-15-9-10-16(18-11-17(15)18)22(21)24(27)30/h5-10,15-19,21-22H,2-4,11-12H2,1H3/t15-,16-,17-,18-,19+,21+,22+/m0/s1. The molecule has 168 valence electrons. The first-order valence-corrected chi connectivity index (χ1v) is 11.8. The molecule has 2 bridgehead atoms. The highest BCUT2D eigenvalue weighted by molar-refractivity contribution is 6.30. The van der Waals surface area contributed by atoms with Crippen molar-refractivity contribution in [2.24, 2.45) is 35.5 Å². The number of unbranched alkanes of at least 4 members (excludes halogenated alkanes) is 1. The topological polar surface area (TPSA) is 80.8 Å². The van der Waals surface area contributed by atoms with E-state index >= 15 is 0 Å². The third-order valence-electron chi connectivity index (χ3n) is 7.62. The van der Waals surface area contributed by atoms with Crippen molar-refractivity contribution < 1.29 is 23.9 Å². The molecule has 0 radical (unpaired) electrons. The lowest BCUT2D eigenvalue weighted by molar-refractivity contribution is -0.158. The molecule has 5 aliphatic rings. The summed E-state index contributed by atoms with van der Waals surface area (Å²) in [4.78, 5) is 53.4. The van der Waals surface area contributed by atoms with Gasteiger partial charge in [0.15, 0.2) is 12.4 Å². The van der Waals surface area contributed by atoms with Crippen molar-refractivity contribution in [3.8, 4) is 0 Å². The first kappa shape index (κ1) is 21.4. The minimum atomic E-state index is -0.978. The number of nitrogens with zero attached hydrogens (tertiary/aromatic N) is 1. The fraction of sp³-hybridized carbons (Fsp3) is 0.520. The number of benzene rings is 1. The molecule has 7 atom stereocenters. The second-order valence-corrected chi connectivity index (χ2v) is 9.83. The number of halogens is 1. The van der Waals surface area contributed by atoms with Crippen LogP contribution in [0.1, 0.15) is 43.0 Å². The highest BCUT2D eigenvalue weighted by Crippen LogP contribution is 2.65. The van der Waals surface area contributed by atoms with E-state index < -0.39 is 18.6 Å². The van der Waals surface area contributed by atoms with Gasteiger partial charge in [-0.15, -0.1) is 0 Å². The number of ketones is 1. The lowest BCUT2D eigenvalue weighted by Gasteiger charge is -2.37. The van der Waals surface area contributed by atoms with Crippen molar-refractivity contribution in [3.05, 3.63) is 47.0 Å². The van der Waals surface area contributed by atoms with E-state index in [1.165, 1.54) is 4.90 Å². The molecular weight excluding hydrogens is 430 g/mol. The van der Waals surface area contributed by atoms with Crippen LogP contribution in [0, 0.1) is 35.5 Å². The maximum Gasteiger partial charge on any atom is 0.329 e. The number of ether oxygens (including phenoxy) is 1. The van der Waals surface area contributed by atoms with Crippen LogP contribution >= 0.6 is 11.6 Å². The number of imide groups is 1. The summed E-state index contributed by atoms with van der Waals surface area (Å²) in [5.41, 5.74) is 0.383. The number of allylic oxidation sites excluding steroid dienone is 2. The smallest absolute Gasteiger partial charge is 0.329 e. The minimum Gasteiger partial charge on any atom is -0.456 e. The molecule has 6 rings (SSSR count). The van der Waals surface area contributed by atoms with E-state index in [2.05, 4.69) is 12.2 Å². The van der Waals surface area contributed by atoms with Crippen LogP contribution in [0.2, 0.25) is 5.02 Å². The molecule has 0 unspecified atom stereocenters. The molecule has 1 aliphatic heterocycles. The van der Waals surface area contributed by atoms with Crippen molar-refractivity contribution in [2.45, 2.75) is 38.6 Å². The van der Waals surface area contributed by atoms with E-state index in [1.807, 2.05) is 6.92 Å². The number of rotatable bonds is 8. The number of esters is 1. The van der Waals surface area contributed by atoms with Gasteiger partial charge in [0.1, 0.15) is 6.04 Å². The van der Waals surface area contributed by atoms with Gasteiger partial charge in [-0.05, 0) is 60.8 Å². The van der Waals surface area contributed by atoms with Crippen LogP contribution in [0.4, 0.5) is 0 Å². The number of carbonyl (C=O) groups is 4. The van der Waals surface area contributed by atoms with Crippen molar-refractivity contribution >= 4 is 35.2 Å². The van der Waals surface area contributed by atoms with Gasteiger partial charge < -0.3 is 4.74 Å². The zero-order valence-corrected chi connectivity index (χ0v) is 18.7. The van der Waals surface area contributed by atoms with Gasteiger partial charge >= 0.3 is 5.97 Å². The maximum atomic E-state index is 13.4. The number of hydrogen-bond donors (Lipinski definition) is 0. The second kappa shape index (κ2) is 8.14. The van der Waals surface area contributed by atoms with E-state index in [1.54, 1.807) is 24.3 Å². The van der Waals surface area contributed by atoms with Gasteiger partial charge in [-0.3, -0.25) is 19.3 Å². The molecule has 2 amide bonds. The zero-order chi connectivity index (χ0) is 22.6. The van der Waals surface area contributed by atoms with Gasteiger partial charge in [0, 0.05) is 10.6 Å². The summed E-state index contributed by atoms with van der Waals surface area (Å²) in [6, 6.07) is 5.35. The van der Waals surface area contributed by atoms with Crippen molar-refractivity contribution in [1.29, 1.82) is 0 Å². The van der Waals surface area contributed by atoms with E-state index in [0.717, 1.165) is 12.8 Å². The van der Waals surface area contributed by atoms with E-state index in [4.69, 9.17) is 16.3 Å². The molecular formula is C25H26ClNO5. The predicted molar refractivity (Wildman–Crippen MR) is 117 cm³/mol. The van der Waals surface area contributed by atoms with E-state index in [9.17, 15) is 19.2 Å². The van der Waals surface area contributed by atoms with Crippen molar-refractivity contribution in [3.63, 3.8) is 0 Å². The van der Waals surface area contributed by atoms with Crippen LogP contribution in [0.25, 0.3) is 0 Å². The summed E-state index contributed by atoms with van der Waals surface area (Å²) in [5.74, 6) is -1.04. The Morgan fingerprint density at radius 3 is 2.22 bits per heavy atom. The van der Waals surface area contributed by atoms with Crippen LogP contribution in [-0.2, 0) is 19.1 Å². The number of likely N-dealkylation sites (tertiary alicyclic amines) is 1. The Kier molecular flexibility index (Phi) is 5.44. The summed E-state index contributed by atoms with van der Waals surface area (Å²) in [6.45, 7) is 1.54. The second-order valence-electron chi connectivity index (χ2n) is 9.40. The number of amides is 2. The first-order chi connectivity index (χ1) is 15.4. The van der Waals surface area contributed by atoms with Crippen LogP contribution in [0.15, 0.2) is 36.4 Å². The average Bonchev–Trinajstić information content (AvgIpc) is 3.57. The lowest BCUT2D eigenvalue weighted by Crippen LogP contribution is -2.47. The molecule has 1 saturated heterocycles. The Labute approximate surface area is 191 Å². The Morgan fingerprint density at radius 1 is 1.06 bits per heavy atom. The van der Waals surface area contributed by atoms with Crippen molar-refractivity contribution in [2.75, 3.05) is 6.61 Å².